The SMILES string of the molecule is CCCNC(c1cc2cc(F)ccc2o1)c1ccoc1C. The predicted octanol–water partition coefficient (Wildman–Crippen LogP) is 4.56. The van der Waals surface area contributed by atoms with Crippen LogP contribution in [0.5, 0.6) is 0 Å². The molecule has 0 radical (unpaired) electrons. The smallest absolute Gasteiger partial charge is 0.134 e. The Morgan fingerprint density at radius 2 is 2.10 bits per heavy atom. The van der Waals surface area contributed by atoms with E-state index in [0.717, 1.165) is 35.4 Å². The van der Waals surface area contributed by atoms with Crippen LogP contribution < -0.4 is 5.32 Å². The van der Waals surface area contributed by atoms with Gasteiger partial charge < -0.3 is 14.2 Å². The van der Waals surface area contributed by atoms with Gasteiger partial charge in [-0.2, -0.15) is 0 Å². The molecule has 2 heterocycles. The third-order valence-corrected chi connectivity index (χ3v) is 3.59. The van der Waals surface area contributed by atoms with Crippen molar-refractivity contribution in [3.05, 3.63) is 59.5 Å². The van der Waals surface area contributed by atoms with Gasteiger partial charge in [-0.25, -0.2) is 4.39 Å². The number of benzene rings is 1. The van der Waals surface area contributed by atoms with Gasteiger partial charge in [0.05, 0.1) is 12.3 Å². The summed E-state index contributed by atoms with van der Waals surface area (Å²) in [6.07, 6.45) is 2.69. The standard InChI is InChI=1S/C17H18FNO2/c1-3-7-19-17(14-6-8-20-11(14)2)16-10-12-9-13(18)4-5-15(12)21-16/h4-6,8-10,17,19H,3,7H2,1-2H3. The molecule has 0 aliphatic heterocycles. The van der Waals surface area contributed by atoms with E-state index in [0.29, 0.717) is 5.58 Å². The normalized spacial score (nSPS) is 12.9. The van der Waals surface area contributed by atoms with Crippen molar-refractivity contribution in [3.63, 3.8) is 0 Å². The van der Waals surface area contributed by atoms with E-state index < -0.39 is 0 Å². The van der Waals surface area contributed by atoms with Crippen molar-refractivity contribution in [2.75, 3.05) is 6.54 Å². The molecule has 0 bridgehead atoms. The van der Waals surface area contributed by atoms with Gasteiger partial charge in [-0.05, 0) is 50.2 Å². The van der Waals surface area contributed by atoms with Crippen molar-refractivity contribution in [1.82, 2.24) is 5.32 Å². The highest BCUT2D eigenvalue weighted by Gasteiger charge is 2.21. The Morgan fingerprint density at radius 1 is 1.24 bits per heavy atom. The number of rotatable bonds is 5. The van der Waals surface area contributed by atoms with Crippen molar-refractivity contribution in [2.24, 2.45) is 0 Å². The van der Waals surface area contributed by atoms with E-state index in [4.69, 9.17) is 8.83 Å². The van der Waals surface area contributed by atoms with Crippen LogP contribution in [0.15, 0.2) is 45.4 Å². The summed E-state index contributed by atoms with van der Waals surface area (Å²) in [5.41, 5.74) is 1.74. The monoisotopic (exact) mass is 287 g/mol. The molecule has 1 atom stereocenters. The van der Waals surface area contributed by atoms with E-state index >= 15 is 0 Å². The fourth-order valence-corrected chi connectivity index (χ4v) is 2.52. The summed E-state index contributed by atoms with van der Waals surface area (Å²) in [5.74, 6) is 1.37. The van der Waals surface area contributed by atoms with Crippen molar-refractivity contribution in [2.45, 2.75) is 26.3 Å². The first-order valence-corrected chi connectivity index (χ1v) is 7.15. The Hall–Kier alpha value is -2.07. The van der Waals surface area contributed by atoms with Crippen LogP contribution in [-0.4, -0.2) is 6.54 Å². The number of fused-ring (bicyclic) bond motifs is 1. The highest BCUT2D eigenvalue weighted by Crippen LogP contribution is 2.30. The Balaban J connectivity index is 2.03. The number of aryl methyl sites for hydroxylation is 1. The Labute approximate surface area is 122 Å². The second kappa shape index (κ2) is 5.74. The van der Waals surface area contributed by atoms with Gasteiger partial charge in [0.2, 0.25) is 0 Å². The first-order valence-electron chi connectivity index (χ1n) is 7.15. The van der Waals surface area contributed by atoms with Crippen LogP contribution in [0, 0.1) is 12.7 Å². The van der Waals surface area contributed by atoms with Gasteiger partial charge in [-0.3, -0.25) is 0 Å². The number of hydrogen-bond acceptors (Lipinski definition) is 3. The van der Waals surface area contributed by atoms with Gasteiger partial charge in [-0.15, -0.1) is 0 Å². The molecule has 0 saturated carbocycles. The van der Waals surface area contributed by atoms with Crippen LogP contribution >= 0.6 is 0 Å². The summed E-state index contributed by atoms with van der Waals surface area (Å²) < 4.78 is 24.6. The molecule has 3 rings (SSSR count). The molecule has 1 unspecified atom stereocenters. The molecule has 0 aliphatic rings. The van der Waals surface area contributed by atoms with Crippen LogP contribution in [0.4, 0.5) is 4.39 Å². The zero-order valence-electron chi connectivity index (χ0n) is 12.2. The van der Waals surface area contributed by atoms with Crippen molar-refractivity contribution >= 4 is 11.0 Å². The second-order valence-corrected chi connectivity index (χ2v) is 5.15. The zero-order chi connectivity index (χ0) is 14.8. The molecule has 2 aromatic heterocycles. The van der Waals surface area contributed by atoms with Gasteiger partial charge in [0.25, 0.3) is 0 Å². The molecule has 4 heteroatoms. The lowest BCUT2D eigenvalue weighted by molar-refractivity contribution is 0.459. The molecule has 1 N–H and O–H groups in total. The third-order valence-electron chi connectivity index (χ3n) is 3.59. The minimum atomic E-state index is -0.257. The third kappa shape index (κ3) is 2.72. The van der Waals surface area contributed by atoms with Gasteiger partial charge in [-0.1, -0.05) is 6.92 Å². The highest BCUT2D eigenvalue weighted by atomic mass is 19.1. The largest absolute Gasteiger partial charge is 0.469 e. The average molecular weight is 287 g/mol. The first-order chi connectivity index (χ1) is 10.2. The van der Waals surface area contributed by atoms with Crippen molar-refractivity contribution in [3.8, 4) is 0 Å². The lowest BCUT2D eigenvalue weighted by Gasteiger charge is -2.15. The predicted molar refractivity (Wildman–Crippen MR) is 79.8 cm³/mol. The molecule has 110 valence electrons. The molecular weight excluding hydrogens is 269 g/mol. The number of halogens is 1. The maximum atomic E-state index is 13.3. The van der Waals surface area contributed by atoms with Crippen LogP contribution in [0.3, 0.4) is 0 Å². The van der Waals surface area contributed by atoms with Crippen LogP contribution in [0.1, 0.15) is 36.5 Å². The summed E-state index contributed by atoms with van der Waals surface area (Å²) in [7, 11) is 0. The molecule has 3 aromatic rings. The maximum Gasteiger partial charge on any atom is 0.134 e. The van der Waals surface area contributed by atoms with Crippen molar-refractivity contribution < 1.29 is 13.2 Å². The van der Waals surface area contributed by atoms with Gasteiger partial charge in [0.1, 0.15) is 22.9 Å². The summed E-state index contributed by atoms with van der Waals surface area (Å²) in [5, 5.41) is 4.23. The lowest BCUT2D eigenvalue weighted by Crippen LogP contribution is -2.22. The molecular formula is C17H18FNO2. The Bertz CT molecular complexity index is 744. The highest BCUT2D eigenvalue weighted by molar-refractivity contribution is 5.78. The van der Waals surface area contributed by atoms with Crippen LogP contribution in [0.25, 0.3) is 11.0 Å². The summed E-state index contributed by atoms with van der Waals surface area (Å²) >= 11 is 0. The molecule has 1 aromatic carbocycles. The van der Waals surface area contributed by atoms with Gasteiger partial charge in [0, 0.05) is 10.9 Å². The minimum Gasteiger partial charge on any atom is -0.469 e. The fourth-order valence-electron chi connectivity index (χ4n) is 2.52. The van der Waals surface area contributed by atoms with E-state index in [-0.39, 0.29) is 11.9 Å². The Morgan fingerprint density at radius 3 is 2.81 bits per heavy atom. The second-order valence-electron chi connectivity index (χ2n) is 5.15. The van der Waals surface area contributed by atoms with Gasteiger partial charge >= 0.3 is 0 Å². The van der Waals surface area contributed by atoms with E-state index in [1.54, 1.807) is 12.3 Å². The summed E-state index contributed by atoms with van der Waals surface area (Å²) in [6, 6.07) is 8.30. The first kappa shape index (κ1) is 13.9. The lowest BCUT2D eigenvalue weighted by atomic mass is 10.0. The van der Waals surface area contributed by atoms with E-state index in [2.05, 4.69) is 12.2 Å². The molecule has 3 nitrogen and oxygen atoms in total. The van der Waals surface area contributed by atoms with Crippen molar-refractivity contribution in [1.29, 1.82) is 0 Å². The minimum absolute atomic E-state index is 0.0841. The van der Waals surface area contributed by atoms with E-state index in [1.165, 1.54) is 12.1 Å². The number of nitrogens with one attached hydrogen (secondary N) is 1. The molecule has 0 saturated heterocycles. The number of furan rings is 2. The molecule has 0 amide bonds. The molecule has 0 fully saturated rings. The summed E-state index contributed by atoms with van der Waals surface area (Å²) in [4.78, 5) is 0. The summed E-state index contributed by atoms with van der Waals surface area (Å²) in [6.45, 7) is 4.90. The van der Waals surface area contributed by atoms with Crippen LogP contribution in [-0.2, 0) is 0 Å². The quantitative estimate of drug-likeness (QED) is 0.747. The number of hydrogen-bond donors (Lipinski definition) is 1. The fraction of sp³-hybridized carbons (Fsp3) is 0.294. The van der Waals surface area contributed by atoms with Crippen LogP contribution in [0.2, 0.25) is 0 Å². The zero-order valence-corrected chi connectivity index (χ0v) is 12.2. The Kier molecular flexibility index (Phi) is 3.80. The average Bonchev–Trinajstić information content (AvgIpc) is 3.06. The molecule has 0 aliphatic carbocycles. The van der Waals surface area contributed by atoms with Gasteiger partial charge in [0.15, 0.2) is 0 Å². The molecule has 0 spiro atoms. The van der Waals surface area contributed by atoms with E-state index in [1.807, 2.05) is 19.1 Å². The maximum absolute atomic E-state index is 13.3. The molecule has 21 heavy (non-hydrogen) atoms. The van der Waals surface area contributed by atoms with E-state index in [9.17, 15) is 4.39 Å². The topological polar surface area (TPSA) is 38.3 Å².